The summed E-state index contributed by atoms with van der Waals surface area (Å²) in [5, 5.41) is 9.31. The average Bonchev–Trinajstić information content (AvgIpc) is 2.46. The first kappa shape index (κ1) is 16.7. The van der Waals surface area contributed by atoms with Gasteiger partial charge < -0.3 is 5.11 Å². The Bertz CT molecular complexity index is 618. The molecule has 0 unspecified atom stereocenters. The van der Waals surface area contributed by atoms with Crippen molar-refractivity contribution in [2.45, 2.75) is 20.0 Å². The largest absolute Gasteiger partial charge is 0.508 e. The van der Waals surface area contributed by atoms with Gasteiger partial charge in [-0.05, 0) is 74.9 Å². The van der Waals surface area contributed by atoms with Crippen molar-refractivity contribution < 1.29 is 9.50 Å². The van der Waals surface area contributed by atoms with E-state index in [9.17, 15) is 9.50 Å². The Morgan fingerprint density at radius 2 is 1.86 bits per heavy atom. The highest BCUT2D eigenvalue weighted by atomic mass is 127. The van der Waals surface area contributed by atoms with E-state index in [1.165, 1.54) is 6.07 Å². The molecule has 112 valence electrons. The Morgan fingerprint density at radius 1 is 1.19 bits per heavy atom. The van der Waals surface area contributed by atoms with E-state index in [0.717, 1.165) is 26.7 Å². The summed E-state index contributed by atoms with van der Waals surface area (Å²) in [5.41, 5.74) is 1.80. The molecule has 2 nitrogen and oxygen atoms in total. The van der Waals surface area contributed by atoms with Gasteiger partial charge >= 0.3 is 0 Å². The van der Waals surface area contributed by atoms with E-state index in [1.54, 1.807) is 12.1 Å². The van der Waals surface area contributed by atoms with Crippen molar-refractivity contribution in [2.24, 2.45) is 0 Å². The van der Waals surface area contributed by atoms with E-state index in [2.05, 4.69) is 50.3 Å². The maximum atomic E-state index is 14.0. The maximum Gasteiger partial charge on any atom is 0.128 e. The molecule has 0 bridgehead atoms. The number of hydrogen-bond donors (Lipinski definition) is 1. The van der Waals surface area contributed by atoms with Crippen LogP contribution in [0.5, 0.6) is 5.75 Å². The van der Waals surface area contributed by atoms with E-state index in [0.29, 0.717) is 12.1 Å². The van der Waals surface area contributed by atoms with Crippen molar-refractivity contribution in [2.75, 3.05) is 6.54 Å². The number of phenols is 1. The highest BCUT2D eigenvalue weighted by molar-refractivity contribution is 14.1. The zero-order valence-electron chi connectivity index (χ0n) is 11.6. The molecule has 2 aromatic carbocycles. The lowest BCUT2D eigenvalue weighted by molar-refractivity contribution is 0.267. The Labute approximate surface area is 146 Å². The van der Waals surface area contributed by atoms with Crippen molar-refractivity contribution in [1.82, 2.24) is 4.90 Å². The van der Waals surface area contributed by atoms with E-state index in [1.807, 2.05) is 18.2 Å². The normalized spacial score (nSPS) is 11.1. The average molecular weight is 464 g/mol. The fourth-order valence-corrected chi connectivity index (χ4v) is 2.91. The van der Waals surface area contributed by atoms with Crippen molar-refractivity contribution in [3.8, 4) is 5.75 Å². The van der Waals surface area contributed by atoms with E-state index in [-0.39, 0.29) is 11.6 Å². The maximum absolute atomic E-state index is 14.0. The lowest BCUT2D eigenvalue weighted by Gasteiger charge is -2.21. The fraction of sp³-hybridized carbons (Fsp3) is 0.250. The Morgan fingerprint density at radius 3 is 2.48 bits per heavy atom. The molecule has 0 aromatic heterocycles. The third-order valence-electron chi connectivity index (χ3n) is 3.27. The molecule has 2 rings (SSSR count). The van der Waals surface area contributed by atoms with Gasteiger partial charge in [0, 0.05) is 26.7 Å². The second-order valence-electron chi connectivity index (χ2n) is 4.83. The first-order valence-corrected chi connectivity index (χ1v) is 8.50. The van der Waals surface area contributed by atoms with Crippen LogP contribution in [-0.2, 0) is 13.1 Å². The number of benzene rings is 2. The van der Waals surface area contributed by atoms with Crippen LogP contribution in [-0.4, -0.2) is 16.6 Å². The summed E-state index contributed by atoms with van der Waals surface area (Å²) in [6, 6.07) is 10.5. The molecule has 0 aliphatic carbocycles. The van der Waals surface area contributed by atoms with Crippen LogP contribution in [0.1, 0.15) is 18.1 Å². The van der Waals surface area contributed by atoms with Crippen molar-refractivity contribution in [1.29, 1.82) is 0 Å². The molecule has 0 spiro atoms. The Kier molecular flexibility index (Phi) is 6.01. The molecule has 0 amide bonds. The minimum Gasteiger partial charge on any atom is -0.508 e. The van der Waals surface area contributed by atoms with Crippen LogP contribution in [0.25, 0.3) is 0 Å². The molecule has 0 radical (unpaired) electrons. The molecule has 0 fully saturated rings. The molecule has 0 saturated heterocycles. The lowest BCUT2D eigenvalue weighted by atomic mass is 10.1. The van der Waals surface area contributed by atoms with Gasteiger partial charge in [0.1, 0.15) is 11.6 Å². The molecule has 1 N–H and O–H groups in total. The zero-order valence-corrected chi connectivity index (χ0v) is 15.4. The molecular weight excluding hydrogens is 448 g/mol. The molecule has 2 aromatic rings. The first-order chi connectivity index (χ1) is 9.99. The molecule has 0 saturated carbocycles. The molecule has 0 aliphatic heterocycles. The predicted molar refractivity (Wildman–Crippen MR) is 94.7 cm³/mol. The summed E-state index contributed by atoms with van der Waals surface area (Å²) in [5.74, 6) is 0.0711. The number of aromatic hydroxyl groups is 1. The van der Waals surface area contributed by atoms with Gasteiger partial charge in [0.05, 0.1) is 0 Å². The topological polar surface area (TPSA) is 23.5 Å². The van der Waals surface area contributed by atoms with E-state index < -0.39 is 0 Å². The van der Waals surface area contributed by atoms with Gasteiger partial charge in [0.15, 0.2) is 0 Å². The Balaban J connectivity index is 2.12. The summed E-state index contributed by atoms with van der Waals surface area (Å²) >= 11 is 5.53. The van der Waals surface area contributed by atoms with Gasteiger partial charge in [-0.25, -0.2) is 4.39 Å². The van der Waals surface area contributed by atoms with Crippen LogP contribution >= 0.6 is 38.5 Å². The lowest BCUT2D eigenvalue weighted by Crippen LogP contribution is -2.23. The fourth-order valence-electron chi connectivity index (χ4n) is 2.06. The zero-order chi connectivity index (χ0) is 15.4. The Hall–Kier alpha value is -0.660. The molecule has 0 heterocycles. The second-order valence-corrected chi connectivity index (χ2v) is 6.84. The van der Waals surface area contributed by atoms with Crippen LogP contribution < -0.4 is 0 Å². The highest BCUT2D eigenvalue weighted by Gasteiger charge is 2.11. The van der Waals surface area contributed by atoms with Crippen LogP contribution in [0, 0.1) is 9.39 Å². The van der Waals surface area contributed by atoms with Gasteiger partial charge in [-0.3, -0.25) is 4.90 Å². The molecular formula is C16H16BrFINO. The smallest absolute Gasteiger partial charge is 0.128 e. The summed E-state index contributed by atoms with van der Waals surface area (Å²) < 4.78 is 15.8. The van der Waals surface area contributed by atoms with Crippen LogP contribution in [0.3, 0.4) is 0 Å². The van der Waals surface area contributed by atoms with Gasteiger partial charge in [0.25, 0.3) is 0 Å². The number of rotatable bonds is 5. The number of hydrogen-bond acceptors (Lipinski definition) is 2. The molecule has 0 atom stereocenters. The van der Waals surface area contributed by atoms with Crippen molar-refractivity contribution in [3.05, 3.63) is 61.4 Å². The predicted octanol–water partition coefficient (Wildman–Crippen LogP) is 4.92. The van der Waals surface area contributed by atoms with Crippen molar-refractivity contribution in [3.63, 3.8) is 0 Å². The quantitative estimate of drug-likeness (QED) is 0.502. The minimum absolute atomic E-state index is 0.188. The van der Waals surface area contributed by atoms with Crippen LogP contribution in [0.15, 0.2) is 40.9 Å². The number of nitrogens with zero attached hydrogens (tertiary/aromatic N) is 1. The minimum atomic E-state index is -0.188. The molecule has 5 heteroatoms. The van der Waals surface area contributed by atoms with Gasteiger partial charge in [-0.15, -0.1) is 0 Å². The second kappa shape index (κ2) is 7.56. The summed E-state index contributed by atoms with van der Waals surface area (Å²) in [6.45, 7) is 4.17. The third kappa shape index (κ3) is 4.66. The first-order valence-electron chi connectivity index (χ1n) is 6.63. The number of phenolic OH excluding ortho intramolecular Hbond substituents is 1. The summed E-state index contributed by atoms with van der Waals surface area (Å²) in [6.07, 6.45) is 0. The molecule has 0 aliphatic rings. The molecule has 21 heavy (non-hydrogen) atoms. The van der Waals surface area contributed by atoms with Crippen molar-refractivity contribution >= 4 is 38.5 Å². The highest BCUT2D eigenvalue weighted by Crippen LogP contribution is 2.24. The van der Waals surface area contributed by atoms with Gasteiger partial charge in [0.2, 0.25) is 0 Å². The SMILES string of the molecule is CCN(Cc1ccc(O)cc1)Cc1cc(I)c(Br)cc1F. The van der Waals surface area contributed by atoms with Gasteiger partial charge in [-0.2, -0.15) is 0 Å². The van der Waals surface area contributed by atoms with E-state index in [4.69, 9.17) is 0 Å². The third-order valence-corrected chi connectivity index (χ3v) is 5.56. The van der Waals surface area contributed by atoms with Crippen LogP contribution in [0.4, 0.5) is 4.39 Å². The van der Waals surface area contributed by atoms with Crippen LogP contribution in [0.2, 0.25) is 0 Å². The number of halogens is 3. The monoisotopic (exact) mass is 463 g/mol. The summed E-state index contributed by atoms with van der Waals surface area (Å²) in [7, 11) is 0. The van der Waals surface area contributed by atoms with E-state index >= 15 is 0 Å². The van der Waals surface area contributed by atoms with Gasteiger partial charge in [-0.1, -0.05) is 19.1 Å². The standard InChI is InChI=1S/C16H16BrFINO/c1-2-20(9-11-3-5-13(21)6-4-11)10-12-7-16(19)14(17)8-15(12)18/h3-8,21H,2,9-10H2,1H3. The summed E-state index contributed by atoms with van der Waals surface area (Å²) in [4.78, 5) is 2.16.